The van der Waals surface area contributed by atoms with Crippen molar-refractivity contribution in [3.05, 3.63) is 75.8 Å². The first-order valence-electron chi connectivity index (χ1n) is 24.9. The Bertz CT molecular complexity index is 2740. The molecular weight excluding hydrogens is 1000 g/mol. The lowest BCUT2D eigenvalue weighted by molar-refractivity contribution is -0.199. The summed E-state index contributed by atoms with van der Waals surface area (Å²) in [5.41, 5.74) is -1.87. The summed E-state index contributed by atoms with van der Waals surface area (Å²) in [5.74, 6) is -7.11. The molecule has 0 spiro atoms. The quantitative estimate of drug-likeness (QED) is 0.0871. The molecule has 3 aromatic rings. The number of hydrogen-bond donors (Lipinski definition) is 3. The molecule has 23 heteroatoms. The van der Waals surface area contributed by atoms with Gasteiger partial charge < -0.3 is 58.7 Å². The van der Waals surface area contributed by atoms with Crippen molar-refractivity contribution in [1.82, 2.24) is 25.3 Å². The van der Waals surface area contributed by atoms with Crippen LogP contribution in [0.25, 0.3) is 0 Å². The summed E-state index contributed by atoms with van der Waals surface area (Å²) in [5, 5.41) is 7.96. The molecule has 3 aliphatic carbocycles. The van der Waals surface area contributed by atoms with Crippen molar-refractivity contribution >= 4 is 60.2 Å². The first kappa shape index (κ1) is 54.9. The SMILES string of the molecule is COc1ccc(NC(=O)N2CCC(N3CCN(C(=O)NC(C(=O)N[C@@H](Cc4ccc(F)c(C(=O)OC(C)(C)C)c4OC)B4O[C@@H]5C[C@@H]6C[C@@H](C6(C)C)[C@]5(C)O4)c4cc(F)c(OC)c(OC)c4Cl)C(=O)C3=O)CC2)cc1. The van der Waals surface area contributed by atoms with E-state index in [2.05, 4.69) is 29.8 Å². The van der Waals surface area contributed by atoms with Gasteiger partial charge in [0.1, 0.15) is 34.5 Å². The average Bonchev–Trinajstić information content (AvgIpc) is 3.74. The minimum absolute atomic E-state index is 0.0644. The molecule has 6 fully saturated rings. The van der Waals surface area contributed by atoms with Gasteiger partial charge in [0.25, 0.3) is 0 Å². The number of piperidine rings is 1. The van der Waals surface area contributed by atoms with Crippen molar-refractivity contribution in [2.24, 2.45) is 17.3 Å². The molecule has 1 unspecified atom stereocenters. The molecule has 9 rings (SSSR count). The summed E-state index contributed by atoms with van der Waals surface area (Å²) in [6, 6.07) is 6.34. The van der Waals surface area contributed by atoms with Crippen LogP contribution in [0.15, 0.2) is 42.5 Å². The van der Waals surface area contributed by atoms with Crippen LogP contribution in [0, 0.1) is 28.9 Å². The monoisotopic (exact) mass is 1060 g/mol. The fraction of sp³-hybridized carbons (Fsp3) is 0.538. The Morgan fingerprint density at radius 2 is 1.49 bits per heavy atom. The van der Waals surface area contributed by atoms with E-state index in [1.54, 1.807) is 57.0 Å². The van der Waals surface area contributed by atoms with Gasteiger partial charge in [-0.05, 0) is 119 Å². The van der Waals surface area contributed by atoms with E-state index in [1.165, 1.54) is 32.3 Å². The summed E-state index contributed by atoms with van der Waals surface area (Å²) in [6.07, 6.45) is 1.67. The third-order valence-electron chi connectivity index (χ3n) is 15.5. The van der Waals surface area contributed by atoms with Gasteiger partial charge in [0.15, 0.2) is 17.3 Å². The summed E-state index contributed by atoms with van der Waals surface area (Å²) >= 11 is 6.88. The molecule has 19 nitrogen and oxygen atoms in total. The number of likely N-dealkylation sites (tertiary alicyclic amines) is 1. The van der Waals surface area contributed by atoms with E-state index in [9.17, 15) is 24.0 Å². The Balaban J connectivity index is 1.06. The number of ether oxygens (including phenoxy) is 5. The highest BCUT2D eigenvalue weighted by atomic mass is 35.5. The summed E-state index contributed by atoms with van der Waals surface area (Å²) in [6.45, 7) is 11.4. The van der Waals surface area contributed by atoms with Crippen LogP contribution in [0.4, 0.5) is 24.1 Å². The molecule has 3 heterocycles. The van der Waals surface area contributed by atoms with Gasteiger partial charge in [-0.25, -0.2) is 23.2 Å². The normalized spacial score (nSPS) is 23.1. The van der Waals surface area contributed by atoms with Crippen molar-refractivity contribution in [1.29, 1.82) is 0 Å². The molecule has 7 amide bonds. The minimum Gasteiger partial charge on any atom is -0.497 e. The number of hydrogen-bond acceptors (Lipinski definition) is 13. The zero-order valence-electron chi connectivity index (χ0n) is 43.7. The predicted molar refractivity (Wildman–Crippen MR) is 270 cm³/mol. The van der Waals surface area contributed by atoms with Crippen molar-refractivity contribution in [2.75, 3.05) is 59.9 Å². The van der Waals surface area contributed by atoms with Gasteiger partial charge in [-0.3, -0.25) is 19.3 Å². The number of piperazine rings is 1. The number of benzene rings is 3. The third kappa shape index (κ3) is 10.6. The van der Waals surface area contributed by atoms with E-state index in [-0.39, 0.29) is 77.6 Å². The maximum absolute atomic E-state index is 16.0. The zero-order valence-corrected chi connectivity index (χ0v) is 44.5. The molecule has 3 N–H and O–H groups in total. The largest absolute Gasteiger partial charge is 0.497 e. The number of carbonyl (C=O) groups excluding carboxylic acids is 6. The fourth-order valence-electron chi connectivity index (χ4n) is 11.4. The molecule has 3 saturated carbocycles. The molecule has 75 heavy (non-hydrogen) atoms. The third-order valence-corrected chi connectivity index (χ3v) is 15.9. The fourth-order valence-corrected chi connectivity index (χ4v) is 11.8. The zero-order chi connectivity index (χ0) is 54.5. The van der Waals surface area contributed by atoms with Crippen molar-refractivity contribution in [2.45, 2.75) is 109 Å². The molecule has 3 saturated heterocycles. The van der Waals surface area contributed by atoms with Gasteiger partial charge in [-0.1, -0.05) is 31.5 Å². The van der Waals surface area contributed by atoms with E-state index < -0.39 is 95.1 Å². The lowest BCUT2D eigenvalue weighted by Crippen LogP contribution is -2.65. The smallest absolute Gasteiger partial charge is 0.482 e. The van der Waals surface area contributed by atoms with Gasteiger partial charge in [0.2, 0.25) is 5.91 Å². The second-order valence-electron chi connectivity index (χ2n) is 21.3. The number of imide groups is 1. The predicted octanol–water partition coefficient (Wildman–Crippen LogP) is 6.72. The lowest BCUT2D eigenvalue weighted by atomic mass is 9.43. The van der Waals surface area contributed by atoms with Gasteiger partial charge >= 0.3 is 37.0 Å². The number of amides is 7. The number of nitrogens with one attached hydrogen (secondary N) is 3. The van der Waals surface area contributed by atoms with E-state index in [0.29, 0.717) is 41.5 Å². The summed E-state index contributed by atoms with van der Waals surface area (Å²) < 4.78 is 72.2. The molecule has 6 atom stereocenters. The van der Waals surface area contributed by atoms with Crippen LogP contribution in [0.2, 0.25) is 5.02 Å². The maximum atomic E-state index is 16.0. The van der Waals surface area contributed by atoms with Crippen LogP contribution in [-0.2, 0) is 34.9 Å². The minimum atomic E-state index is -1.91. The van der Waals surface area contributed by atoms with Crippen LogP contribution >= 0.6 is 11.6 Å². The van der Waals surface area contributed by atoms with E-state index >= 15 is 13.6 Å². The Labute approximate surface area is 439 Å². The van der Waals surface area contributed by atoms with Crippen LogP contribution in [0.5, 0.6) is 23.0 Å². The van der Waals surface area contributed by atoms with Gasteiger partial charge in [0, 0.05) is 43.5 Å². The first-order chi connectivity index (χ1) is 35.4. The maximum Gasteiger partial charge on any atom is 0.482 e. The second kappa shape index (κ2) is 21.3. The number of rotatable bonds is 14. The van der Waals surface area contributed by atoms with Crippen LogP contribution in [0.3, 0.4) is 0 Å². The highest BCUT2D eigenvalue weighted by Gasteiger charge is 2.68. The van der Waals surface area contributed by atoms with Gasteiger partial charge in [-0.2, -0.15) is 0 Å². The number of esters is 1. The number of methoxy groups -OCH3 is 4. The van der Waals surface area contributed by atoms with E-state index in [0.717, 1.165) is 18.6 Å². The highest BCUT2D eigenvalue weighted by Crippen LogP contribution is 2.66. The van der Waals surface area contributed by atoms with E-state index in [1.807, 2.05) is 6.92 Å². The molecule has 3 aliphatic heterocycles. The number of nitrogens with zero attached hydrogens (tertiary/aromatic N) is 3. The van der Waals surface area contributed by atoms with Gasteiger partial charge in [0.05, 0.1) is 51.1 Å². The molecule has 6 aliphatic rings. The van der Waals surface area contributed by atoms with Crippen molar-refractivity contribution < 1.29 is 70.5 Å². The van der Waals surface area contributed by atoms with Gasteiger partial charge in [-0.15, -0.1) is 0 Å². The molecule has 3 aromatic carbocycles. The Hall–Kier alpha value is -6.39. The summed E-state index contributed by atoms with van der Waals surface area (Å²) in [7, 11) is 3.99. The summed E-state index contributed by atoms with van der Waals surface area (Å²) in [4.78, 5) is 87.6. The topological polar surface area (TPSA) is 213 Å². The molecule has 404 valence electrons. The van der Waals surface area contributed by atoms with Crippen molar-refractivity contribution in [3.8, 4) is 23.0 Å². The van der Waals surface area contributed by atoms with Crippen LogP contribution in [-0.4, -0.2) is 141 Å². The number of anilines is 1. The number of carbonyl (C=O) groups is 6. The molecule has 0 aromatic heterocycles. The number of halogens is 3. The number of urea groups is 2. The average molecular weight is 1070 g/mol. The molecular formula is C52H64BClF2N6O13. The first-order valence-corrected chi connectivity index (χ1v) is 25.3. The molecule has 0 radical (unpaired) electrons. The standard InChI is InChI=1S/C52H64BClF2N6O13/c1-50(2,3)73-47(66)38-33(55)16-11-27(41(38)70-8)23-37(53-74-36-25-28-24-35(51(28,4)5)52(36,6)75-53)58-44(63)40(32-26-34(56)42(71-9)43(72-10)39(32)54)59-49(68)62-22-21-61(45(64)46(62)65)30-17-19-60(20-18-30)48(67)57-29-12-14-31(69-7)15-13-29/h11-16,26,28,30,35-37,40H,17-25H2,1-10H3,(H,57,67)(H,58,63)(H,59,68)/t28-,35-,36+,37-,40?,52-/m0/s1. The Morgan fingerprint density at radius 3 is 2.11 bits per heavy atom. The lowest BCUT2D eigenvalue weighted by Gasteiger charge is -2.64. The Kier molecular flexibility index (Phi) is 15.6. The second-order valence-corrected chi connectivity index (χ2v) is 21.7. The highest BCUT2D eigenvalue weighted by molar-refractivity contribution is 6.48. The van der Waals surface area contributed by atoms with Crippen LogP contribution < -0.4 is 34.9 Å². The van der Waals surface area contributed by atoms with Crippen molar-refractivity contribution in [3.63, 3.8) is 0 Å². The molecule has 2 bridgehead atoms. The Morgan fingerprint density at radius 1 is 0.827 bits per heavy atom. The van der Waals surface area contributed by atoms with Crippen LogP contribution in [0.1, 0.15) is 94.8 Å². The van der Waals surface area contributed by atoms with E-state index in [4.69, 9.17) is 44.6 Å².